The summed E-state index contributed by atoms with van der Waals surface area (Å²) < 4.78 is 10.4. The van der Waals surface area contributed by atoms with Gasteiger partial charge in [0.15, 0.2) is 0 Å². The monoisotopic (exact) mass is 504 g/mol. The molecule has 4 rings (SSSR count). The normalized spacial score (nSPS) is 13.3. The lowest BCUT2D eigenvalue weighted by molar-refractivity contribution is -0.120. The minimum Gasteiger partial charge on any atom is -0.459 e. The quantitative estimate of drug-likeness (QED) is 0.277. The summed E-state index contributed by atoms with van der Waals surface area (Å²) in [6.07, 6.45) is -0.279. The van der Waals surface area contributed by atoms with E-state index in [1.165, 1.54) is 36.4 Å². The standard InChI is InChI=1S/C27H21ClN2O6/c1-16(2)35-26(33)18-10-14-20(15-11-18)30-24(31)22(28)23(25(30)32)29-19-12-8-17(9-13-19)27(34)36-21-6-4-3-5-7-21/h3-16,29H,1-2H3. The minimum atomic E-state index is -0.704. The van der Waals surface area contributed by atoms with E-state index in [1.54, 1.807) is 50.2 Å². The van der Waals surface area contributed by atoms with E-state index in [2.05, 4.69) is 5.32 Å². The van der Waals surface area contributed by atoms with Gasteiger partial charge in [-0.15, -0.1) is 0 Å². The molecule has 0 aliphatic carbocycles. The molecule has 182 valence electrons. The number of ether oxygens (including phenoxy) is 2. The Hall–Kier alpha value is -4.43. The van der Waals surface area contributed by atoms with Crippen molar-refractivity contribution in [3.05, 3.63) is 101 Å². The highest BCUT2D eigenvalue weighted by molar-refractivity contribution is 6.53. The van der Waals surface area contributed by atoms with Crippen LogP contribution in [-0.2, 0) is 14.3 Å². The molecule has 1 N–H and O–H groups in total. The second kappa shape index (κ2) is 10.5. The molecule has 0 spiro atoms. The number of hydrogen-bond donors (Lipinski definition) is 1. The van der Waals surface area contributed by atoms with Gasteiger partial charge < -0.3 is 14.8 Å². The van der Waals surface area contributed by atoms with Gasteiger partial charge in [0.1, 0.15) is 16.5 Å². The fourth-order valence-corrected chi connectivity index (χ4v) is 3.58. The lowest BCUT2D eigenvalue weighted by atomic mass is 10.2. The van der Waals surface area contributed by atoms with Crippen molar-refractivity contribution in [1.82, 2.24) is 0 Å². The van der Waals surface area contributed by atoms with Crippen LogP contribution in [0.25, 0.3) is 0 Å². The van der Waals surface area contributed by atoms with E-state index in [9.17, 15) is 19.2 Å². The Balaban J connectivity index is 1.45. The van der Waals surface area contributed by atoms with Crippen LogP contribution in [0, 0.1) is 0 Å². The first kappa shape index (κ1) is 24.7. The zero-order valence-electron chi connectivity index (χ0n) is 19.4. The summed E-state index contributed by atoms with van der Waals surface area (Å²) in [6, 6.07) is 20.7. The molecular formula is C27H21ClN2O6. The van der Waals surface area contributed by atoms with Crippen LogP contribution in [0.1, 0.15) is 34.6 Å². The number of para-hydroxylation sites is 1. The Morgan fingerprint density at radius 3 is 2.00 bits per heavy atom. The van der Waals surface area contributed by atoms with Crippen molar-refractivity contribution >= 4 is 46.7 Å². The van der Waals surface area contributed by atoms with Crippen molar-refractivity contribution in [2.75, 3.05) is 10.2 Å². The van der Waals surface area contributed by atoms with E-state index in [-0.39, 0.29) is 28.1 Å². The molecule has 3 aromatic carbocycles. The summed E-state index contributed by atoms with van der Waals surface area (Å²) in [4.78, 5) is 51.0. The van der Waals surface area contributed by atoms with Crippen LogP contribution in [0.5, 0.6) is 5.75 Å². The first-order valence-corrected chi connectivity index (χ1v) is 11.4. The predicted octanol–water partition coefficient (Wildman–Crippen LogP) is 4.91. The van der Waals surface area contributed by atoms with E-state index in [1.807, 2.05) is 6.07 Å². The minimum absolute atomic E-state index is 0.107. The van der Waals surface area contributed by atoms with Crippen molar-refractivity contribution in [3.8, 4) is 5.75 Å². The van der Waals surface area contributed by atoms with E-state index in [0.29, 0.717) is 17.0 Å². The first-order chi connectivity index (χ1) is 17.2. The van der Waals surface area contributed by atoms with Gasteiger partial charge in [-0.25, -0.2) is 14.5 Å². The molecule has 0 atom stereocenters. The fourth-order valence-electron chi connectivity index (χ4n) is 3.36. The topological polar surface area (TPSA) is 102 Å². The first-order valence-electron chi connectivity index (χ1n) is 11.0. The second-order valence-electron chi connectivity index (χ2n) is 8.04. The number of carbonyl (C=O) groups is 4. The molecule has 0 radical (unpaired) electrons. The van der Waals surface area contributed by atoms with Crippen molar-refractivity contribution < 1.29 is 28.7 Å². The summed E-state index contributed by atoms with van der Waals surface area (Å²) in [7, 11) is 0. The molecule has 1 heterocycles. The van der Waals surface area contributed by atoms with Crippen LogP contribution in [0.4, 0.5) is 11.4 Å². The summed E-state index contributed by atoms with van der Waals surface area (Å²) in [5.74, 6) is -1.99. The Morgan fingerprint density at radius 2 is 1.39 bits per heavy atom. The lowest BCUT2D eigenvalue weighted by Gasteiger charge is -2.16. The largest absolute Gasteiger partial charge is 0.459 e. The van der Waals surface area contributed by atoms with Gasteiger partial charge in [0.2, 0.25) is 0 Å². The van der Waals surface area contributed by atoms with Gasteiger partial charge >= 0.3 is 11.9 Å². The van der Waals surface area contributed by atoms with Crippen LogP contribution in [0.15, 0.2) is 89.6 Å². The number of hydrogen-bond acceptors (Lipinski definition) is 7. The van der Waals surface area contributed by atoms with E-state index >= 15 is 0 Å². The lowest BCUT2D eigenvalue weighted by Crippen LogP contribution is -2.32. The van der Waals surface area contributed by atoms with Gasteiger partial charge in [-0.2, -0.15) is 0 Å². The molecule has 0 fully saturated rings. The molecule has 0 bridgehead atoms. The Morgan fingerprint density at radius 1 is 0.806 bits per heavy atom. The molecule has 1 aliphatic heterocycles. The molecule has 0 saturated carbocycles. The zero-order chi connectivity index (χ0) is 25.8. The number of nitrogens with zero attached hydrogens (tertiary/aromatic N) is 1. The number of amides is 2. The highest BCUT2D eigenvalue weighted by Crippen LogP contribution is 2.30. The summed E-state index contributed by atoms with van der Waals surface area (Å²) in [6.45, 7) is 3.47. The summed E-state index contributed by atoms with van der Waals surface area (Å²) in [5.41, 5.74) is 1.17. The fraction of sp³-hybridized carbons (Fsp3) is 0.111. The maximum atomic E-state index is 13.0. The van der Waals surface area contributed by atoms with Gasteiger partial charge in [0, 0.05) is 5.69 Å². The molecule has 3 aromatic rings. The molecule has 0 unspecified atom stereocenters. The van der Waals surface area contributed by atoms with Crippen LogP contribution < -0.4 is 15.0 Å². The molecular weight excluding hydrogens is 484 g/mol. The van der Waals surface area contributed by atoms with Gasteiger partial charge in [0.25, 0.3) is 11.8 Å². The van der Waals surface area contributed by atoms with Gasteiger partial charge in [-0.05, 0) is 74.5 Å². The number of anilines is 2. The number of halogens is 1. The van der Waals surface area contributed by atoms with Crippen molar-refractivity contribution in [3.63, 3.8) is 0 Å². The van der Waals surface area contributed by atoms with Crippen LogP contribution in [0.2, 0.25) is 0 Å². The molecule has 9 heteroatoms. The third kappa shape index (κ3) is 5.29. The number of esters is 2. The van der Waals surface area contributed by atoms with Crippen LogP contribution in [0.3, 0.4) is 0 Å². The van der Waals surface area contributed by atoms with E-state index < -0.39 is 23.8 Å². The van der Waals surface area contributed by atoms with Crippen LogP contribution >= 0.6 is 11.6 Å². The van der Waals surface area contributed by atoms with Crippen molar-refractivity contribution in [2.45, 2.75) is 20.0 Å². The number of imide groups is 1. The number of rotatable bonds is 7. The molecule has 1 aliphatic rings. The van der Waals surface area contributed by atoms with E-state index in [4.69, 9.17) is 21.1 Å². The number of carbonyl (C=O) groups excluding carboxylic acids is 4. The predicted molar refractivity (Wildman–Crippen MR) is 134 cm³/mol. The smallest absolute Gasteiger partial charge is 0.343 e. The molecule has 36 heavy (non-hydrogen) atoms. The van der Waals surface area contributed by atoms with E-state index in [0.717, 1.165) is 4.90 Å². The maximum absolute atomic E-state index is 13.0. The van der Waals surface area contributed by atoms with Gasteiger partial charge in [0.05, 0.1) is 22.9 Å². The van der Waals surface area contributed by atoms with Crippen molar-refractivity contribution in [2.24, 2.45) is 0 Å². The highest BCUT2D eigenvalue weighted by Gasteiger charge is 2.39. The average molecular weight is 505 g/mol. The average Bonchev–Trinajstić information content (AvgIpc) is 3.07. The second-order valence-corrected chi connectivity index (χ2v) is 8.42. The summed E-state index contributed by atoms with van der Waals surface area (Å²) in [5, 5.41) is 2.57. The summed E-state index contributed by atoms with van der Waals surface area (Å²) >= 11 is 6.19. The number of nitrogens with one attached hydrogen (secondary N) is 1. The Labute approximate surface area is 212 Å². The van der Waals surface area contributed by atoms with Gasteiger partial charge in [-0.3, -0.25) is 9.59 Å². The zero-order valence-corrected chi connectivity index (χ0v) is 20.1. The SMILES string of the molecule is CC(C)OC(=O)c1ccc(N2C(=O)C(Cl)=C(Nc3ccc(C(=O)Oc4ccccc4)cc3)C2=O)cc1. The molecule has 2 amide bonds. The molecule has 0 saturated heterocycles. The van der Waals surface area contributed by atoms with Crippen LogP contribution in [-0.4, -0.2) is 29.9 Å². The Kier molecular flexibility index (Phi) is 7.17. The third-order valence-electron chi connectivity index (χ3n) is 5.07. The highest BCUT2D eigenvalue weighted by atomic mass is 35.5. The molecule has 8 nitrogen and oxygen atoms in total. The third-order valence-corrected chi connectivity index (χ3v) is 5.43. The molecule has 0 aromatic heterocycles. The maximum Gasteiger partial charge on any atom is 0.343 e. The van der Waals surface area contributed by atoms with Crippen molar-refractivity contribution in [1.29, 1.82) is 0 Å². The Bertz CT molecular complexity index is 1350. The number of benzene rings is 3. The van der Waals surface area contributed by atoms with Gasteiger partial charge in [-0.1, -0.05) is 29.8 Å².